The lowest BCUT2D eigenvalue weighted by molar-refractivity contribution is 0.339. The minimum atomic E-state index is 0.106. The minimum absolute atomic E-state index is 0.106. The van der Waals surface area contributed by atoms with Crippen LogP contribution in [0.2, 0.25) is 0 Å². The van der Waals surface area contributed by atoms with E-state index in [1.54, 1.807) is 24.4 Å². The number of methoxy groups -OCH3 is 2. The maximum atomic E-state index is 9.84. The van der Waals surface area contributed by atoms with Crippen LogP contribution in [0.3, 0.4) is 0 Å². The van der Waals surface area contributed by atoms with Crippen LogP contribution in [0, 0.1) is 11.8 Å². The summed E-state index contributed by atoms with van der Waals surface area (Å²) >= 11 is 0. The molecule has 0 spiro atoms. The molecule has 1 N–H and O–H groups in total. The molecule has 3 aromatic rings. The molecule has 7 nitrogen and oxygen atoms in total. The molecule has 23 heavy (non-hydrogen) atoms. The summed E-state index contributed by atoms with van der Waals surface area (Å²) in [5.41, 5.74) is 1.19. The molecule has 0 aliphatic carbocycles. The summed E-state index contributed by atoms with van der Waals surface area (Å²) in [6, 6.07) is 7.12. The number of phenolic OH excluding ortho intramolecular Hbond substituents is 1. The quantitative estimate of drug-likeness (QED) is 0.718. The molecule has 0 aliphatic rings. The maximum Gasteiger partial charge on any atom is 0.323 e. The van der Waals surface area contributed by atoms with Crippen LogP contribution < -0.4 is 9.47 Å². The Bertz CT molecular complexity index is 909. The Morgan fingerprint density at radius 1 is 0.957 bits per heavy atom. The SMILES string of the molecule is COc1nc(C#Cc2ccc(O)c3ncccc23)nc(OC)n1. The highest BCUT2D eigenvalue weighted by atomic mass is 16.5. The van der Waals surface area contributed by atoms with E-state index in [1.807, 2.05) is 6.07 Å². The van der Waals surface area contributed by atoms with Gasteiger partial charge in [0, 0.05) is 17.1 Å². The Labute approximate surface area is 132 Å². The molecule has 0 aliphatic heterocycles. The molecule has 0 unspecified atom stereocenters. The Morgan fingerprint density at radius 3 is 2.39 bits per heavy atom. The van der Waals surface area contributed by atoms with E-state index >= 15 is 0 Å². The van der Waals surface area contributed by atoms with Crippen molar-refractivity contribution in [2.45, 2.75) is 0 Å². The van der Waals surface area contributed by atoms with Crippen LogP contribution in [-0.2, 0) is 0 Å². The number of rotatable bonds is 2. The molecule has 0 amide bonds. The maximum absolute atomic E-state index is 9.84. The van der Waals surface area contributed by atoms with Crippen LogP contribution in [0.5, 0.6) is 17.8 Å². The fourth-order valence-corrected chi connectivity index (χ4v) is 1.97. The first-order chi connectivity index (χ1) is 11.2. The summed E-state index contributed by atoms with van der Waals surface area (Å²) < 4.78 is 9.96. The van der Waals surface area contributed by atoms with E-state index in [0.717, 1.165) is 5.39 Å². The van der Waals surface area contributed by atoms with Gasteiger partial charge in [-0.1, -0.05) is 5.92 Å². The van der Waals surface area contributed by atoms with E-state index in [9.17, 15) is 5.11 Å². The van der Waals surface area contributed by atoms with Crippen LogP contribution in [0.15, 0.2) is 30.5 Å². The Kier molecular flexibility index (Phi) is 3.89. The number of nitrogens with zero attached hydrogens (tertiary/aromatic N) is 4. The number of phenols is 1. The first kappa shape index (κ1) is 14.5. The van der Waals surface area contributed by atoms with Crippen molar-refractivity contribution in [1.82, 2.24) is 19.9 Å². The highest BCUT2D eigenvalue weighted by Gasteiger charge is 2.06. The van der Waals surface area contributed by atoms with Crippen molar-refractivity contribution in [1.29, 1.82) is 0 Å². The fraction of sp³-hybridized carbons (Fsp3) is 0.125. The number of fused-ring (bicyclic) bond motifs is 1. The van der Waals surface area contributed by atoms with Gasteiger partial charge in [-0.2, -0.15) is 9.97 Å². The molecule has 2 aromatic heterocycles. The third-order valence-electron chi connectivity index (χ3n) is 3.02. The zero-order valence-corrected chi connectivity index (χ0v) is 12.4. The Hall–Kier alpha value is -3.40. The first-order valence-electron chi connectivity index (χ1n) is 6.64. The second-order valence-electron chi connectivity index (χ2n) is 4.41. The van der Waals surface area contributed by atoms with Gasteiger partial charge >= 0.3 is 12.0 Å². The van der Waals surface area contributed by atoms with E-state index in [-0.39, 0.29) is 23.6 Å². The lowest BCUT2D eigenvalue weighted by Gasteiger charge is -2.02. The molecule has 0 saturated heterocycles. The summed E-state index contributed by atoms with van der Waals surface area (Å²) in [5, 5.41) is 10.6. The molecular weight excluding hydrogens is 296 g/mol. The lowest BCUT2D eigenvalue weighted by atomic mass is 10.1. The number of benzene rings is 1. The zero-order valence-electron chi connectivity index (χ0n) is 12.4. The van der Waals surface area contributed by atoms with Gasteiger partial charge < -0.3 is 14.6 Å². The molecule has 1 aromatic carbocycles. The van der Waals surface area contributed by atoms with Gasteiger partial charge in [0.1, 0.15) is 11.3 Å². The lowest BCUT2D eigenvalue weighted by Crippen LogP contribution is -2.01. The second-order valence-corrected chi connectivity index (χ2v) is 4.41. The fourth-order valence-electron chi connectivity index (χ4n) is 1.97. The zero-order chi connectivity index (χ0) is 16.2. The Balaban J connectivity index is 2.07. The molecular formula is C16H12N4O3. The average Bonchev–Trinajstić information content (AvgIpc) is 2.61. The molecule has 0 radical (unpaired) electrons. The molecule has 0 atom stereocenters. The number of aromatic nitrogens is 4. The molecule has 114 valence electrons. The van der Waals surface area contributed by atoms with E-state index in [1.165, 1.54) is 14.2 Å². The van der Waals surface area contributed by atoms with Gasteiger partial charge in [0.25, 0.3) is 0 Å². The van der Waals surface area contributed by atoms with Crippen molar-refractivity contribution in [3.05, 3.63) is 41.9 Å². The minimum Gasteiger partial charge on any atom is -0.506 e. The van der Waals surface area contributed by atoms with Crippen LogP contribution in [-0.4, -0.2) is 39.3 Å². The van der Waals surface area contributed by atoms with Crippen molar-refractivity contribution in [3.63, 3.8) is 0 Å². The molecule has 0 bridgehead atoms. The monoisotopic (exact) mass is 308 g/mol. The largest absolute Gasteiger partial charge is 0.506 e. The number of ether oxygens (including phenoxy) is 2. The third-order valence-corrected chi connectivity index (χ3v) is 3.02. The van der Waals surface area contributed by atoms with Crippen molar-refractivity contribution < 1.29 is 14.6 Å². The number of pyridine rings is 1. The van der Waals surface area contributed by atoms with Crippen molar-refractivity contribution in [2.24, 2.45) is 0 Å². The third kappa shape index (κ3) is 2.96. The summed E-state index contributed by atoms with van der Waals surface area (Å²) in [4.78, 5) is 16.2. The van der Waals surface area contributed by atoms with Gasteiger partial charge in [-0.05, 0) is 30.2 Å². The van der Waals surface area contributed by atoms with Crippen LogP contribution in [0.1, 0.15) is 11.4 Å². The molecule has 2 heterocycles. The van der Waals surface area contributed by atoms with E-state index in [4.69, 9.17) is 9.47 Å². The predicted octanol–water partition coefficient (Wildman–Crippen LogP) is 1.54. The molecule has 7 heteroatoms. The summed E-state index contributed by atoms with van der Waals surface area (Å²) in [5.74, 6) is 6.14. The summed E-state index contributed by atoms with van der Waals surface area (Å²) in [6.45, 7) is 0. The standard InChI is InChI=1S/C16H12N4O3/c1-22-15-18-13(19-16(20-15)23-2)8-6-10-5-7-12(21)14-11(10)4-3-9-17-14/h3-5,7,9,21H,1-2H3. The van der Waals surface area contributed by atoms with Crippen molar-refractivity contribution >= 4 is 10.9 Å². The van der Waals surface area contributed by atoms with Gasteiger partial charge in [0.05, 0.1) is 14.2 Å². The second kappa shape index (κ2) is 6.15. The molecule has 0 saturated carbocycles. The van der Waals surface area contributed by atoms with Crippen molar-refractivity contribution in [3.8, 4) is 29.6 Å². The van der Waals surface area contributed by atoms with Crippen LogP contribution in [0.4, 0.5) is 0 Å². The average molecular weight is 308 g/mol. The van der Waals surface area contributed by atoms with Crippen LogP contribution >= 0.6 is 0 Å². The highest BCUT2D eigenvalue weighted by molar-refractivity contribution is 5.89. The van der Waals surface area contributed by atoms with Gasteiger partial charge in [-0.25, -0.2) is 0 Å². The van der Waals surface area contributed by atoms with Gasteiger partial charge in [0.2, 0.25) is 5.82 Å². The number of hydrogen-bond donors (Lipinski definition) is 1. The molecule has 3 rings (SSSR count). The van der Waals surface area contributed by atoms with Gasteiger partial charge in [-0.3, -0.25) is 4.98 Å². The van der Waals surface area contributed by atoms with Crippen molar-refractivity contribution in [2.75, 3.05) is 14.2 Å². The first-order valence-corrected chi connectivity index (χ1v) is 6.64. The normalized spacial score (nSPS) is 10.0. The van der Waals surface area contributed by atoms with E-state index < -0.39 is 0 Å². The highest BCUT2D eigenvalue weighted by Crippen LogP contribution is 2.24. The predicted molar refractivity (Wildman–Crippen MR) is 82.3 cm³/mol. The number of hydrogen-bond acceptors (Lipinski definition) is 7. The van der Waals surface area contributed by atoms with E-state index in [0.29, 0.717) is 11.1 Å². The topological polar surface area (TPSA) is 90.2 Å². The smallest absolute Gasteiger partial charge is 0.323 e. The summed E-state index contributed by atoms with van der Waals surface area (Å²) in [7, 11) is 2.90. The summed E-state index contributed by atoms with van der Waals surface area (Å²) in [6.07, 6.45) is 1.61. The Morgan fingerprint density at radius 2 is 1.70 bits per heavy atom. The molecule has 0 fully saturated rings. The van der Waals surface area contributed by atoms with E-state index in [2.05, 4.69) is 31.8 Å². The number of aromatic hydroxyl groups is 1. The van der Waals surface area contributed by atoms with Gasteiger partial charge in [-0.15, -0.1) is 4.98 Å². The van der Waals surface area contributed by atoms with Gasteiger partial charge in [0.15, 0.2) is 0 Å². The van der Waals surface area contributed by atoms with Crippen LogP contribution in [0.25, 0.3) is 10.9 Å².